The Kier molecular flexibility index (Phi) is 5.09. The summed E-state index contributed by atoms with van der Waals surface area (Å²) in [7, 11) is 0. The largest absolute Gasteiger partial charge is 0.476 e. The van der Waals surface area contributed by atoms with E-state index in [-0.39, 0.29) is 18.1 Å². The highest BCUT2D eigenvalue weighted by atomic mass is 16.4. The molecule has 1 aromatic rings. The summed E-state index contributed by atoms with van der Waals surface area (Å²) >= 11 is 0. The third-order valence-electron chi connectivity index (χ3n) is 3.66. The average Bonchev–Trinajstić information content (AvgIpc) is 2.88. The van der Waals surface area contributed by atoms with Gasteiger partial charge in [0, 0.05) is 6.54 Å². The molecular weight excluding hydrogens is 260 g/mol. The lowest BCUT2D eigenvalue weighted by atomic mass is 9.87. The second kappa shape index (κ2) is 7.02. The Morgan fingerprint density at radius 1 is 1.35 bits per heavy atom. The fourth-order valence-electron chi connectivity index (χ4n) is 2.57. The molecule has 2 N–H and O–H groups in total. The second-order valence-corrected chi connectivity index (χ2v) is 5.25. The molecular formula is C13H20N4O3. The summed E-state index contributed by atoms with van der Waals surface area (Å²) in [5, 5.41) is 18.6. The van der Waals surface area contributed by atoms with Crippen LogP contribution in [0.25, 0.3) is 0 Å². The molecule has 1 fully saturated rings. The summed E-state index contributed by atoms with van der Waals surface area (Å²) in [6, 6.07) is 0. The van der Waals surface area contributed by atoms with E-state index in [0.29, 0.717) is 6.54 Å². The van der Waals surface area contributed by atoms with Gasteiger partial charge < -0.3 is 10.4 Å². The molecule has 1 amide bonds. The lowest BCUT2D eigenvalue weighted by Gasteiger charge is -2.21. The molecule has 1 aliphatic rings. The van der Waals surface area contributed by atoms with Crippen LogP contribution in [0.15, 0.2) is 6.20 Å². The van der Waals surface area contributed by atoms with Gasteiger partial charge in [-0.25, -0.2) is 9.48 Å². The van der Waals surface area contributed by atoms with Gasteiger partial charge in [0.2, 0.25) is 5.91 Å². The SMILES string of the molecule is O=C(Cn1cc(C(=O)O)nn1)NCCC1CCCCC1. The molecule has 0 aliphatic heterocycles. The molecule has 20 heavy (non-hydrogen) atoms. The molecule has 7 heteroatoms. The Balaban J connectivity index is 1.67. The highest BCUT2D eigenvalue weighted by Gasteiger charge is 2.14. The van der Waals surface area contributed by atoms with Crippen molar-refractivity contribution in [2.75, 3.05) is 6.54 Å². The van der Waals surface area contributed by atoms with E-state index < -0.39 is 5.97 Å². The molecule has 1 aromatic heterocycles. The summed E-state index contributed by atoms with van der Waals surface area (Å²) in [5.41, 5.74) is -0.153. The number of rotatable bonds is 6. The number of carboxylic acid groups (broad SMARTS) is 1. The monoisotopic (exact) mass is 280 g/mol. The molecule has 0 aromatic carbocycles. The Labute approximate surface area is 117 Å². The fraction of sp³-hybridized carbons (Fsp3) is 0.692. The molecule has 1 aliphatic carbocycles. The minimum absolute atomic E-state index is 0.00491. The first-order chi connectivity index (χ1) is 9.65. The molecule has 0 atom stereocenters. The second-order valence-electron chi connectivity index (χ2n) is 5.25. The van der Waals surface area contributed by atoms with E-state index in [0.717, 1.165) is 12.3 Å². The number of hydrogen-bond acceptors (Lipinski definition) is 4. The van der Waals surface area contributed by atoms with Gasteiger partial charge in [0.15, 0.2) is 5.69 Å². The lowest BCUT2D eigenvalue weighted by molar-refractivity contribution is -0.121. The Bertz CT molecular complexity index is 466. The van der Waals surface area contributed by atoms with E-state index in [4.69, 9.17) is 5.11 Å². The van der Waals surface area contributed by atoms with Crippen molar-refractivity contribution >= 4 is 11.9 Å². The first-order valence-corrected chi connectivity index (χ1v) is 7.05. The molecule has 0 radical (unpaired) electrons. The van der Waals surface area contributed by atoms with Gasteiger partial charge in [-0.15, -0.1) is 5.10 Å². The van der Waals surface area contributed by atoms with E-state index in [1.165, 1.54) is 43.0 Å². The highest BCUT2D eigenvalue weighted by molar-refractivity contribution is 5.84. The van der Waals surface area contributed by atoms with Crippen molar-refractivity contribution in [2.24, 2.45) is 5.92 Å². The maximum atomic E-state index is 11.7. The molecule has 2 rings (SSSR count). The maximum absolute atomic E-state index is 11.7. The summed E-state index contributed by atoms with van der Waals surface area (Å²) < 4.78 is 1.24. The number of amides is 1. The molecule has 0 bridgehead atoms. The third kappa shape index (κ3) is 4.32. The van der Waals surface area contributed by atoms with E-state index in [2.05, 4.69) is 15.6 Å². The number of aromatic nitrogens is 3. The number of carbonyl (C=O) groups excluding carboxylic acids is 1. The normalized spacial score (nSPS) is 16.0. The molecule has 0 saturated heterocycles. The number of nitrogens with zero attached hydrogens (tertiary/aromatic N) is 3. The van der Waals surface area contributed by atoms with Crippen molar-refractivity contribution in [3.8, 4) is 0 Å². The Hall–Kier alpha value is -1.92. The van der Waals surface area contributed by atoms with Gasteiger partial charge >= 0.3 is 5.97 Å². The van der Waals surface area contributed by atoms with Gasteiger partial charge in [0.25, 0.3) is 0 Å². The van der Waals surface area contributed by atoms with Crippen molar-refractivity contribution < 1.29 is 14.7 Å². The summed E-state index contributed by atoms with van der Waals surface area (Å²) in [6.45, 7) is 0.676. The fourth-order valence-corrected chi connectivity index (χ4v) is 2.57. The van der Waals surface area contributed by atoms with E-state index in [1.54, 1.807) is 0 Å². The van der Waals surface area contributed by atoms with Crippen LogP contribution in [-0.2, 0) is 11.3 Å². The van der Waals surface area contributed by atoms with Gasteiger partial charge in [0.1, 0.15) is 6.54 Å². The molecule has 110 valence electrons. The van der Waals surface area contributed by atoms with Crippen LogP contribution in [0.5, 0.6) is 0 Å². The first-order valence-electron chi connectivity index (χ1n) is 7.05. The minimum Gasteiger partial charge on any atom is -0.476 e. The van der Waals surface area contributed by atoms with E-state index in [9.17, 15) is 9.59 Å². The molecule has 1 heterocycles. The van der Waals surface area contributed by atoms with Crippen LogP contribution in [-0.4, -0.2) is 38.5 Å². The van der Waals surface area contributed by atoms with Gasteiger partial charge in [-0.3, -0.25) is 4.79 Å². The zero-order valence-electron chi connectivity index (χ0n) is 11.4. The van der Waals surface area contributed by atoms with Crippen LogP contribution < -0.4 is 5.32 Å². The molecule has 7 nitrogen and oxygen atoms in total. The standard InChI is InChI=1S/C13H20N4O3/c18-12(9-17-8-11(13(19)20)15-16-17)14-7-6-10-4-2-1-3-5-10/h8,10H,1-7,9H2,(H,14,18)(H,19,20). The smallest absolute Gasteiger partial charge is 0.358 e. The number of carbonyl (C=O) groups is 2. The quantitative estimate of drug-likeness (QED) is 0.812. The van der Waals surface area contributed by atoms with Gasteiger partial charge in [0.05, 0.1) is 6.20 Å². The summed E-state index contributed by atoms with van der Waals surface area (Å²) in [5.74, 6) is -0.578. The van der Waals surface area contributed by atoms with Crippen LogP contribution in [0.4, 0.5) is 0 Å². The van der Waals surface area contributed by atoms with Gasteiger partial charge in [-0.05, 0) is 12.3 Å². The molecule has 0 unspecified atom stereocenters. The zero-order chi connectivity index (χ0) is 14.4. The minimum atomic E-state index is -1.14. The zero-order valence-corrected chi connectivity index (χ0v) is 11.4. The Morgan fingerprint density at radius 2 is 2.10 bits per heavy atom. The van der Waals surface area contributed by atoms with Crippen LogP contribution in [0, 0.1) is 5.92 Å². The van der Waals surface area contributed by atoms with Gasteiger partial charge in [-0.1, -0.05) is 37.3 Å². The lowest BCUT2D eigenvalue weighted by Crippen LogP contribution is -2.30. The van der Waals surface area contributed by atoms with Crippen molar-refractivity contribution in [1.29, 1.82) is 0 Å². The highest BCUT2D eigenvalue weighted by Crippen LogP contribution is 2.25. The van der Waals surface area contributed by atoms with Crippen molar-refractivity contribution in [3.63, 3.8) is 0 Å². The van der Waals surface area contributed by atoms with Crippen molar-refractivity contribution in [3.05, 3.63) is 11.9 Å². The third-order valence-corrected chi connectivity index (χ3v) is 3.66. The van der Waals surface area contributed by atoms with Crippen LogP contribution in [0.1, 0.15) is 49.0 Å². The summed E-state index contributed by atoms with van der Waals surface area (Å²) in [4.78, 5) is 22.3. The first kappa shape index (κ1) is 14.5. The van der Waals surface area contributed by atoms with E-state index >= 15 is 0 Å². The molecule has 0 spiro atoms. The predicted molar refractivity (Wildman–Crippen MR) is 71.2 cm³/mol. The molecule has 1 saturated carbocycles. The number of nitrogens with one attached hydrogen (secondary N) is 1. The van der Waals surface area contributed by atoms with Crippen LogP contribution >= 0.6 is 0 Å². The Morgan fingerprint density at radius 3 is 2.75 bits per heavy atom. The van der Waals surface area contributed by atoms with Crippen LogP contribution in [0.2, 0.25) is 0 Å². The van der Waals surface area contributed by atoms with Crippen molar-refractivity contribution in [1.82, 2.24) is 20.3 Å². The van der Waals surface area contributed by atoms with Crippen molar-refractivity contribution in [2.45, 2.75) is 45.1 Å². The number of carboxylic acids is 1. The summed E-state index contributed by atoms with van der Waals surface area (Å²) in [6.07, 6.45) is 8.74. The number of hydrogen-bond donors (Lipinski definition) is 2. The average molecular weight is 280 g/mol. The van der Waals surface area contributed by atoms with E-state index in [1.807, 2.05) is 0 Å². The number of aromatic carboxylic acids is 1. The maximum Gasteiger partial charge on any atom is 0.358 e. The predicted octanol–water partition coefficient (Wildman–Crippen LogP) is 1.06. The van der Waals surface area contributed by atoms with Crippen LogP contribution in [0.3, 0.4) is 0 Å². The topological polar surface area (TPSA) is 97.1 Å². The van der Waals surface area contributed by atoms with Gasteiger partial charge in [-0.2, -0.15) is 0 Å².